The zero-order valence-electron chi connectivity index (χ0n) is 16.9. The molecule has 3 aromatic rings. The molecule has 2 aromatic carbocycles. The van der Waals surface area contributed by atoms with E-state index in [0.29, 0.717) is 20.9 Å². The number of ether oxygens (including phenoxy) is 2. The van der Waals surface area contributed by atoms with Gasteiger partial charge < -0.3 is 9.47 Å². The lowest BCUT2D eigenvalue weighted by Gasteiger charge is -2.24. The van der Waals surface area contributed by atoms with E-state index in [1.165, 1.54) is 55.5 Å². The van der Waals surface area contributed by atoms with E-state index in [1.807, 2.05) is 6.26 Å². The average molecular weight is 481 g/mol. The zero-order chi connectivity index (χ0) is 22.4. The molecule has 1 heterocycles. The fourth-order valence-electron chi connectivity index (χ4n) is 2.65. The molecule has 0 atom stereocenters. The van der Waals surface area contributed by atoms with Crippen LogP contribution in [0.2, 0.25) is 0 Å². The van der Waals surface area contributed by atoms with Crippen molar-refractivity contribution in [2.45, 2.75) is 9.24 Å². The van der Waals surface area contributed by atoms with E-state index in [1.54, 1.807) is 30.3 Å². The number of nitrogens with one attached hydrogen (secondary N) is 1. The summed E-state index contributed by atoms with van der Waals surface area (Å²) >= 11 is 2.61. The second-order valence-electron chi connectivity index (χ2n) is 5.99. The Balaban J connectivity index is 1.94. The van der Waals surface area contributed by atoms with E-state index in [-0.39, 0.29) is 10.6 Å². The number of rotatable bonds is 9. The van der Waals surface area contributed by atoms with E-state index in [0.717, 1.165) is 4.31 Å². The third-order valence-corrected chi connectivity index (χ3v) is 7.69. The van der Waals surface area contributed by atoms with Gasteiger partial charge in [0.1, 0.15) is 6.54 Å². The Kier molecular flexibility index (Phi) is 7.36. The van der Waals surface area contributed by atoms with Gasteiger partial charge >= 0.3 is 0 Å². The fourth-order valence-corrected chi connectivity index (χ4v) is 5.27. The second kappa shape index (κ2) is 9.98. The summed E-state index contributed by atoms with van der Waals surface area (Å²) in [7, 11) is -1.22. The van der Waals surface area contributed by atoms with E-state index in [2.05, 4.69) is 15.5 Å². The molecule has 0 fully saturated rings. The van der Waals surface area contributed by atoms with Crippen molar-refractivity contribution in [1.29, 1.82) is 0 Å². The SMILES string of the molecule is COc1ccc(S(=O)(=O)N(CC(=O)Nc2nnc(SC)s2)c2ccccc2)cc1OC. The normalized spacial score (nSPS) is 11.1. The van der Waals surface area contributed by atoms with Gasteiger partial charge in [0.05, 0.1) is 24.8 Å². The summed E-state index contributed by atoms with van der Waals surface area (Å²) in [4.78, 5) is 12.6. The third kappa shape index (κ3) is 5.27. The topological polar surface area (TPSA) is 111 Å². The first-order valence-corrected chi connectivity index (χ1v) is 12.3. The molecule has 164 valence electrons. The summed E-state index contributed by atoms with van der Waals surface area (Å²) in [6, 6.07) is 12.6. The number of hydrogen-bond acceptors (Lipinski definition) is 9. The molecule has 1 amide bonds. The molecule has 0 aliphatic carbocycles. The minimum absolute atomic E-state index is 0.0395. The molecular weight excluding hydrogens is 460 g/mol. The van der Waals surface area contributed by atoms with Crippen molar-refractivity contribution < 1.29 is 22.7 Å². The van der Waals surface area contributed by atoms with Crippen molar-refractivity contribution in [2.24, 2.45) is 0 Å². The highest BCUT2D eigenvalue weighted by Crippen LogP contribution is 2.32. The van der Waals surface area contributed by atoms with E-state index < -0.39 is 22.5 Å². The Labute approximate surface area is 188 Å². The molecule has 9 nitrogen and oxygen atoms in total. The molecule has 3 rings (SSSR count). The van der Waals surface area contributed by atoms with Crippen LogP contribution < -0.4 is 19.1 Å². The number of anilines is 2. The maximum Gasteiger partial charge on any atom is 0.264 e. The monoisotopic (exact) mass is 480 g/mol. The molecule has 12 heteroatoms. The van der Waals surface area contributed by atoms with E-state index >= 15 is 0 Å². The van der Waals surface area contributed by atoms with Crippen LogP contribution >= 0.6 is 23.1 Å². The standard InChI is InChI=1S/C19H20N4O5S3/c1-27-15-10-9-14(11-16(15)28-2)31(25,26)23(13-7-5-4-6-8-13)12-17(24)20-18-21-22-19(29-3)30-18/h4-11H,12H2,1-3H3,(H,20,21,24). The molecule has 0 saturated carbocycles. The first kappa shape index (κ1) is 22.8. The number of carbonyl (C=O) groups is 1. The highest BCUT2D eigenvalue weighted by Gasteiger charge is 2.28. The van der Waals surface area contributed by atoms with Crippen LogP contribution in [0.1, 0.15) is 0 Å². The lowest BCUT2D eigenvalue weighted by Crippen LogP contribution is -2.38. The van der Waals surface area contributed by atoms with E-state index in [9.17, 15) is 13.2 Å². The number of benzene rings is 2. The third-order valence-electron chi connectivity index (χ3n) is 4.10. The predicted octanol–water partition coefficient (Wildman–Crippen LogP) is 3.11. The molecule has 0 bridgehead atoms. The predicted molar refractivity (Wildman–Crippen MR) is 121 cm³/mol. The van der Waals surface area contributed by atoms with Gasteiger partial charge in [-0.3, -0.25) is 14.4 Å². The molecule has 0 saturated heterocycles. The quantitative estimate of drug-likeness (QED) is 0.367. The summed E-state index contributed by atoms with van der Waals surface area (Å²) < 4.78 is 39.0. The summed E-state index contributed by atoms with van der Waals surface area (Å²) in [5.74, 6) is 0.113. The van der Waals surface area contributed by atoms with Crippen molar-refractivity contribution in [3.8, 4) is 11.5 Å². The van der Waals surface area contributed by atoms with Gasteiger partial charge in [0.15, 0.2) is 15.8 Å². The average Bonchev–Trinajstić information content (AvgIpc) is 3.24. The first-order chi connectivity index (χ1) is 14.9. The largest absolute Gasteiger partial charge is 0.493 e. The van der Waals surface area contributed by atoms with E-state index in [4.69, 9.17) is 9.47 Å². The number of thioether (sulfide) groups is 1. The van der Waals surface area contributed by atoms with Crippen molar-refractivity contribution in [1.82, 2.24) is 10.2 Å². The van der Waals surface area contributed by atoms with Crippen molar-refractivity contribution in [3.05, 3.63) is 48.5 Å². The second-order valence-corrected chi connectivity index (χ2v) is 9.88. The van der Waals surface area contributed by atoms with Crippen molar-refractivity contribution in [2.75, 3.05) is 36.6 Å². The van der Waals surface area contributed by atoms with Gasteiger partial charge in [0.25, 0.3) is 10.0 Å². The maximum absolute atomic E-state index is 13.5. The maximum atomic E-state index is 13.5. The number of carbonyl (C=O) groups excluding carboxylic acids is 1. The van der Waals surface area contributed by atoms with Crippen molar-refractivity contribution >= 4 is 49.8 Å². The number of hydrogen-bond donors (Lipinski definition) is 1. The Morgan fingerprint density at radius 2 is 1.81 bits per heavy atom. The Morgan fingerprint density at radius 3 is 2.42 bits per heavy atom. The molecular formula is C19H20N4O5S3. The molecule has 0 aliphatic rings. The van der Waals surface area contributed by atoms with Gasteiger partial charge in [0, 0.05) is 6.07 Å². The van der Waals surface area contributed by atoms with Crippen LogP contribution in [-0.2, 0) is 14.8 Å². The highest BCUT2D eigenvalue weighted by atomic mass is 32.2. The smallest absolute Gasteiger partial charge is 0.264 e. The Bertz CT molecular complexity index is 1150. The van der Waals surface area contributed by atoms with Crippen molar-refractivity contribution in [3.63, 3.8) is 0 Å². The summed E-state index contributed by atoms with van der Waals surface area (Å²) in [5, 5.41) is 10.7. The van der Waals surface area contributed by atoms with Gasteiger partial charge in [-0.05, 0) is 30.5 Å². The number of sulfonamides is 1. The van der Waals surface area contributed by atoms with Crippen LogP contribution in [0.15, 0.2) is 57.8 Å². The summed E-state index contributed by atoms with van der Waals surface area (Å²) in [6.07, 6.45) is 1.85. The Morgan fingerprint density at radius 1 is 1.10 bits per heavy atom. The number of amides is 1. The summed E-state index contributed by atoms with van der Waals surface area (Å²) in [5.41, 5.74) is 0.342. The lowest BCUT2D eigenvalue weighted by atomic mass is 10.3. The molecule has 1 aromatic heterocycles. The molecule has 1 N–H and O–H groups in total. The van der Waals surface area contributed by atoms with Crippen LogP contribution in [0.5, 0.6) is 11.5 Å². The van der Waals surface area contributed by atoms with Gasteiger partial charge in [-0.15, -0.1) is 10.2 Å². The number of nitrogens with zero attached hydrogens (tertiary/aromatic N) is 3. The van der Waals surface area contributed by atoms with Crippen LogP contribution in [0.25, 0.3) is 0 Å². The molecule has 0 spiro atoms. The van der Waals surface area contributed by atoms with Gasteiger partial charge in [-0.25, -0.2) is 8.42 Å². The summed E-state index contributed by atoms with van der Waals surface area (Å²) in [6.45, 7) is -0.450. The molecule has 0 aliphatic heterocycles. The Hall–Kier alpha value is -2.83. The van der Waals surface area contributed by atoms with Crippen LogP contribution in [0.3, 0.4) is 0 Å². The minimum atomic E-state index is -4.10. The number of aromatic nitrogens is 2. The molecule has 0 unspecified atom stereocenters. The number of methoxy groups -OCH3 is 2. The minimum Gasteiger partial charge on any atom is -0.493 e. The molecule has 31 heavy (non-hydrogen) atoms. The van der Waals surface area contributed by atoms with Crippen LogP contribution in [0, 0.1) is 0 Å². The van der Waals surface area contributed by atoms with Gasteiger partial charge in [-0.1, -0.05) is 41.3 Å². The molecule has 0 radical (unpaired) electrons. The van der Waals surface area contributed by atoms with Crippen LogP contribution in [-0.4, -0.2) is 51.5 Å². The van der Waals surface area contributed by atoms with Gasteiger partial charge in [0.2, 0.25) is 11.0 Å². The number of para-hydroxylation sites is 1. The van der Waals surface area contributed by atoms with Gasteiger partial charge in [-0.2, -0.15) is 0 Å². The lowest BCUT2D eigenvalue weighted by molar-refractivity contribution is -0.114. The zero-order valence-corrected chi connectivity index (χ0v) is 19.4. The van der Waals surface area contributed by atoms with Crippen LogP contribution in [0.4, 0.5) is 10.8 Å². The fraction of sp³-hybridized carbons (Fsp3) is 0.211. The first-order valence-electron chi connectivity index (χ1n) is 8.86. The highest BCUT2D eigenvalue weighted by molar-refractivity contribution is 8.00.